The van der Waals surface area contributed by atoms with Crippen molar-refractivity contribution in [3.05, 3.63) is 76.5 Å². The number of nitrogens with one attached hydrogen (secondary N) is 1. The molecule has 184 valence electrons. The third-order valence-corrected chi connectivity index (χ3v) is 5.52. The highest BCUT2D eigenvalue weighted by molar-refractivity contribution is 6.34. The number of aromatic nitrogens is 4. The third-order valence-electron chi connectivity index (χ3n) is 5.23. The zero-order valence-corrected chi connectivity index (χ0v) is 19.5. The summed E-state index contributed by atoms with van der Waals surface area (Å²) in [6.45, 7) is 2.97. The van der Waals surface area contributed by atoms with E-state index in [2.05, 4.69) is 25.3 Å². The summed E-state index contributed by atoms with van der Waals surface area (Å²) >= 11 is 6.24. The maximum Gasteiger partial charge on any atom is 0.262 e. The van der Waals surface area contributed by atoms with Gasteiger partial charge in [0.2, 0.25) is 0 Å². The Morgan fingerprint density at radius 3 is 2.36 bits per heavy atom. The van der Waals surface area contributed by atoms with Crippen molar-refractivity contribution >= 4 is 28.3 Å². The van der Waals surface area contributed by atoms with E-state index in [9.17, 15) is 22.7 Å². The molecule has 0 fully saturated rings. The smallest absolute Gasteiger partial charge is 0.262 e. The number of hydrogen-bond donors (Lipinski definition) is 2. The Labute approximate surface area is 207 Å². The lowest BCUT2D eigenvalue weighted by molar-refractivity contribution is 0.0687. The third kappa shape index (κ3) is 4.91. The number of alkyl halides is 2. The molecule has 0 spiro atoms. The highest BCUT2D eigenvalue weighted by Crippen LogP contribution is 2.36. The van der Waals surface area contributed by atoms with E-state index in [1.54, 1.807) is 6.07 Å². The molecule has 0 aliphatic carbocycles. The zero-order chi connectivity index (χ0) is 26.2. The molecule has 0 aliphatic rings. The fraction of sp³-hybridized carbons (Fsp3) is 0.208. The molecule has 0 unspecified atom stereocenters. The Kier molecular flexibility index (Phi) is 6.75. The molecule has 0 aliphatic heterocycles. The lowest BCUT2D eigenvalue weighted by Gasteiger charge is -2.22. The number of halogens is 5. The number of anilines is 1. The molecule has 0 saturated heterocycles. The standard InChI is InChI=1S/C24H17ClF4N6O/c1-24(2,36)23-32-8-12(9-33-23)18-16(27)6-17-21(34-18)20(14(25)10-31-17)35-19(22(28)29)13-5-11(7-30)3-4-15(13)26/h3-6,8-10,19,22,36H,1-2H3,(H,31,35)/t19-/m0/s1. The quantitative estimate of drug-likeness (QED) is 0.324. The minimum Gasteiger partial charge on any atom is -0.382 e. The minimum absolute atomic E-state index is 0.00329. The van der Waals surface area contributed by atoms with Gasteiger partial charge in [0.25, 0.3) is 6.43 Å². The predicted octanol–water partition coefficient (Wildman–Crippen LogP) is 5.54. The van der Waals surface area contributed by atoms with Crippen molar-refractivity contribution in [1.82, 2.24) is 19.9 Å². The van der Waals surface area contributed by atoms with Crippen LogP contribution in [0, 0.1) is 23.0 Å². The van der Waals surface area contributed by atoms with Gasteiger partial charge in [-0.2, -0.15) is 5.26 Å². The van der Waals surface area contributed by atoms with Crippen LogP contribution in [0.1, 0.15) is 36.8 Å². The SMILES string of the molecule is CC(C)(O)c1ncc(-c2nc3c(N[C@@H](c4cc(C#N)ccc4F)C(F)F)c(Cl)cnc3cc2F)cn1. The maximum atomic E-state index is 14.9. The molecule has 0 amide bonds. The van der Waals surface area contributed by atoms with Gasteiger partial charge in [-0.1, -0.05) is 11.6 Å². The van der Waals surface area contributed by atoms with E-state index < -0.39 is 35.3 Å². The van der Waals surface area contributed by atoms with Gasteiger partial charge in [-0.3, -0.25) is 4.98 Å². The molecule has 4 rings (SSSR count). The van der Waals surface area contributed by atoms with Crippen molar-refractivity contribution in [3.63, 3.8) is 0 Å². The summed E-state index contributed by atoms with van der Waals surface area (Å²) in [5, 5.41) is 21.5. The van der Waals surface area contributed by atoms with Crippen LogP contribution in [0.4, 0.5) is 23.2 Å². The molecule has 7 nitrogen and oxygen atoms in total. The molecular formula is C24H17ClF4N6O. The Bertz CT molecular complexity index is 1490. The van der Waals surface area contributed by atoms with Crippen LogP contribution < -0.4 is 5.32 Å². The number of hydrogen-bond acceptors (Lipinski definition) is 7. The number of benzene rings is 1. The fourth-order valence-electron chi connectivity index (χ4n) is 3.46. The van der Waals surface area contributed by atoms with Crippen LogP contribution >= 0.6 is 11.6 Å². The van der Waals surface area contributed by atoms with Crippen molar-refractivity contribution in [3.8, 4) is 17.3 Å². The van der Waals surface area contributed by atoms with Gasteiger partial charge in [0.1, 0.15) is 28.7 Å². The number of fused-ring (bicyclic) bond motifs is 1. The summed E-state index contributed by atoms with van der Waals surface area (Å²) in [7, 11) is 0. The monoisotopic (exact) mass is 516 g/mol. The van der Waals surface area contributed by atoms with E-state index >= 15 is 0 Å². The molecule has 4 aromatic rings. The highest BCUT2D eigenvalue weighted by Gasteiger charge is 2.28. The summed E-state index contributed by atoms with van der Waals surface area (Å²) in [5.41, 5.74) is -2.07. The molecule has 12 heteroatoms. The van der Waals surface area contributed by atoms with Gasteiger partial charge in [-0.15, -0.1) is 0 Å². The van der Waals surface area contributed by atoms with Crippen LogP contribution in [0.25, 0.3) is 22.3 Å². The van der Waals surface area contributed by atoms with Gasteiger partial charge in [-0.05, 0) is 32.0 Å². The first-order valence-electron chi connectivity index (χ1n) is 10.4. The van der Waals surface area contributed by atoms with Crippen LogP contribution in [-0.4, -0.2) is 31.5 Å². The normalized spacial score (nSPS) is 12.6. The summed E-state index contributed by atoms with van der Waals surface area (Å²) < 4.78 is 57.5. The zero-order valence-electron chi connectivity index (χ0n) is 18.8. The van der Waals surface area contributed by atoms with E-state index in [-0.39, 0.29) is 44.4 Å². The van der Waals surface area contributed by atoms with Gasteiger partial charge in [0.15, 0.2) is 11.6 Å². The van der Waals surface area contributed by atoms with Crippen LogP contribution in [0.2, 0.25) is 5.02 Å². The first-order chi connectivity index (χ1) is 17.0. The van der Waals surface area contributed by atoms with Gasteiger partial charge in [-0.25, -0.2) is 32.5 Å². The molecular weight excluding hydrogens is 500 g/mol. The number of nitriles is 1. The van der Waals surface area contributed by atoms with E-state index in [0.29, 0.717) is 0 Å². The number of pyridine rings is 2. The number of rotatable bonds is 6. The molecule has 0 radical (unpaired) electrons. The van der Waals surface area contributed by atoms with Crippen molar-refractivity contribution in [2.45, 2.75) is 31.9 Å². The molecule has 1 atom stereocenters. The van der Waals surface area contributed by atoms with Crippen LogP contribution in [0.5, 0.6) is 0 Å². The van der Waals surface area contributed by atoms with E-state index in [0.717, 1.165) is 30.5 Å². The predicted molar refractivity (Wildman–Crippen MR) is 124 cm³/mol. The molecule has 3 heterocycles. The van der Waals surface area contributed by atoms with E-state index in [1.807, 2.05) is 0 Å². The van der Waals surface area contributed by atoms with Crippen LogP contribution in [0.3, 0.4) is 0 Å². The second-order valence-corrected chi connectivity index (χ2v) is 8.73. The van der Waals surface area contributed by atoms with Gasteiger partial charge in [0.05, 0.1) is 27.9 Å². The van der Waals surface area contributed by atoms with Crippen molar-refractivity contribution in [2.24, 2.45) is 0 Å². The van der Waals surface area contributed by atoms with Crippen LogP contribution in [-0.2, 0) is 5.60 Å². The topological polar surface area (TPSA) is 108 Å². The van der Waals surface area contributed by atoms with Crippen molar-refractivity contribution < 1.29 is 22.7 Å². The number of aliphatic hydroxyl groups is 1. The molecule has 0 bridgehead atoms. The molecule has 36 heavy (non-hydrogen) atoms. The summed E-state index contributed by atoms with van der Waals surface area (Å²) in [6.07, 6.45) is 0.523. The highest BCUT2D eigenvalue weighted by atomic mass is 35.5. The summed E-state index contributed by atoms with van der Waals surface area (Å²) in [4.78, 5) is 16.3. The lowest BCUT2D eigenvalue weighted by Crippen LogP contribution is -2.21. The average Bonchev–Trinajstić information content (AvgIpc) is 2.83. The fourth-order valence-corrected chi connectivity index (χ4v) is 3.65. The lowest BCUT2D eigenvalue weighted by atomic mass is 10.0. The van der Waals surface area contributed by atoms with Gasteiger partial charge < -0.3 is 10.4 Å². The Balaban J connectivity index is 1.84. The first-order valence-corrected chi connectivity index (χ1v) is 10.8. The van der Waals surface area contributed by atoms with E-state index in [1.165, 1.54) is 26.2 Å². The second kappa shape index (κ2) is 9.64. The number of nitrogens with zero attached hydrogens (tertiary/aromatic N) is 5. The average molecular weight is 517 g/mol. The van der Waals surface area contributed by atoms with Crippen molar-refractivity contribution in [1.29, 1.82) is 5.26 Å². The van der Waals surface area contributed by atoms with E-state index in [4.69, 9.17) is 16.9 Å². The maximum absolute atomic E-state index is 14.9. The molecule has 2 N–H and O–H groups in total. The summed E-state index contributed by atoms with van der Waals surface area (Å²) in [5.74, 6) is -1.65. The minimum atomic E-state index is -3.12. The first kappa shape index (κ1) is 25.2. The Hall–Kier alpha value is -3.88. The van der Waals surface area contributed by atoms with Crippen molar-refractivity contribution in [2.75, 3.05) is 5.32 Å². The van der Waals surface area contributed by atoms with Gasteiger partial charge >= 0.3 is 0 Å². The molecule has 3 aromatic heterocycles. The Morgan fingerprint density at radius 1 is 1.06 bits per heavy atom. The van der Waals surface area contributed by atoms with Crippen LogP contribution in [0.15, 0.2) is 42.9 Å². The molecule has 1 aromatic carbocycles. The largest absolute Gasteiger partial charge is 0.382 e. The second-order valence-electron chi connectivity index (χ2n) is 8.33. The summed E-state index contributed by atoms with van der Waals surface area (Å²) in [6, 6.07) is 4.00. The Morgan fingerprint density at radius 2 is 1.75 bits per heavy atom. The van der Waals surface area contributed by atoms with Gasteiger partial charge in [0, 0.05) is 35.8 Å². The molecule has 0 saturated carbocycles.